The number of carbonyl (C=O) groups excluding carboxylic acids is 3. The highest BCUT2D eigenvalue weighted by Crippen LogP contribution is 2.08. The number of ether oxygens (including phenoxy) is 1. The van der Waals surface area contributed by atoms with Crippen LogP contribution in [0.25, 0.3) is 0 Å². The molecule has 0 heterocycles. The molecule has 28 heavy (non-hydrogen) atoms. The van der Waals surface area contributed by atoms with Crippen molar-refractivity contribution < 1.29 is 19.1 Å². The normalized spacial score (nSPS) is 12.9. The van der Waals surface area contributed by atoms with Crippen LogP contribution in [-0.4, -0.2) is 30.0 Å². The first kappa shape index (κ1) is 23.5. The Labute approximate surface area is 167 Å². The van der Waals surface area contributed by atoms with Crippen LogP contribution >= 0.6 is 0 Å². The average Bonchev–Trinajstić information content (AvgIpc) is 2.67. The molecule has 1 rings (SSSR count). The Morgan fingerprint density at radius 3 is 2.29 bits per heavy atom. The number of amides is 3. The fraction of sp³-hybridized carbons (Fsp3) is 0.571. The summed E-state index contributed by atoms with van der Waals surface area (Å²) >= 11 is 0. The number of hydrogen-bond donors (Lipinski definition) is 3. The standard InChI is InChI=1S/C21H33N3O4/c1-4-5-6-10-13-17(19(22)25)23-20(26)18(15(2)3)24-21(27)28-14-16-11-8-7-9-12-16/h7-9,11-12,15,17-18H,4-6,10,13-14H2,1-3H3,(H2,22,25)(H,23,26)(H,24,27)/t17-,18-/m0/s1. The van der Waals surface area contributed by atoms with Gasteiger partial charge in [0.1, 0.15) is 18.7 Å². The molecule has 0 bridgehead atoms. The molecule has 7 heteroatoms. The van der Waals surface area contributed by atoms with Crippen LogP contribution in [0, 0.1) is 5.92 Å². The average molecular weight is 392 g/mol. The third-order valence-electron chi connectivity index (χ3n) is 4.44. The molecule has 0 saturated heterocycles. The molecule has 2 atom stereocenters. The minimum absolute atomic E-state index is 0.112. The Morgan fingerprint density at radius 2 is 1.71 bits per heavy atom. The SMILES string of the molecule is CCCCCC[C@H](NC(=O)[C@@H](NC(=O)OCc1ccccc1)C(C)C)C(N)=O. The van der Waals surface area contributed by atoms with E-state index in [2.05, 4.69) is 17.6 Å². The van der Waals surface area contributed by atoms with E-state index in [1.807, 2.05) is 44.2 Å². The Hall–Kier alpha value is -2.57. The van der Waals surface area contributed by atoms with E-state index in [4.69, 9.17) is 10.5 Å². The fourth-order valence-electron chi connectivity index (χ4n) is 2.75. The first-order valence-corrected chi connectivity index (χ1v) is 9.92. The van der Waals surface area contributed by atoms with Crippen molar-refractivity contribution >= 4 is 17.9 Å². The number of primary amides is 1. The lowest BCUT2D eigenvalue weighted by Crippen LogP contribution is -2.54. The first-order chi connectivity index (χ1) is 13.3. The zero-order valence-corrected chi connectivity index (χ0v) is 17.1. The largest absolute Gasteiger partial charge is 0.445 e. The van der Waals surface area contributed by atoms with E-state index < -0.39 is 30.0 Å². The van der Waals surface area contributed by atoms with Gasteiger partial charge in [-0.05, 0) is 17.9 Å². The van der Waals surface area contributed by atoms with Crippen LogP contribution in [0.3, 0.4) is 0 Å². The summed E-state index contributed by atoms with van der Waals surface area (Å²) in [6.07, 6.45) is 3.75. The molecule has 156 valence electrons. The van der Waals surface area contributed by atoms with Crippen molar-refractivity contribution in [2.75, 3.05) is 0 Å². The van der Waals surface area contributed by atoms with Crippen LogP contribution in [0.15, 0.2) is 30.3 Å². The zero-order chi connectivity index (χ0) is 20.9. The minimum Gasteiger partial charge on any atom is -0.445 e. The van der Waals surface area contributed by atoms with E-state index in [0.29, 0.717) is 6.42 Å². The van der Waals surface area contributed by atoms with Gasteiger partial charge in [0.2, 0.25) is 11.8 Å². The number of carbonyl (C=O) groups is 3. The molecule has 3 amide bonds. The number of benzene rings is 1. The lowest BCUT2D eigenvalue weighted by Gasteiger charge is -2.24. The number of nitrogens with two attached hydrogens (primary N) is 1. The molecule has 0 spiro atoms. The fourth-order valence-corrected chi connectivity index (χ4v) is 2.75. The minimum atomic E-state index is -0.819. The highest BCUT2D eigenvalue weighted by molar-refractivity contribution is 5.90. The second-order valence-electron chi connectivity index (χ2n) is 7.24. The van der Waals surface area contributed by atoms with E-state index in [1.54, 1.807) is 0 Å². The van der Waals surface area contributed by atoms with Crippen molar-refractivity contribution in [3.8, 4) is 0 Å². The molecule has 1 aromatic rings. The lowest BCUT2D eigenvalue weighted by atomic mass is 10.0. The predicted molar refractivity (Wildman–Crippen MR) is 108 cm³/mol. The second kappa shape index (κ2) is 12.8. The molecular formula is C21H33N3O4. The van der Waals surface area contributed by atoms with Crippen molar-refractivity contribution in [2.24, 2.45) is 11.7 Å². The molecule has 0 aromatic heterocycles. The van der Waals surface area contributed by atoms with Crippen molar-refractivity contribution in [1.29, 1.82) is 0 Å². The van der Waals surface area contributed by atoms with Gasteiger partial charge in [0.15, 0.2) is 0 Å². The summed E-state index contributed by atoms with van der Waals surface area (Å²) in [7, 11) is 0. The van der Waals surface area contributed by atoms with Gasteiger partial charge in [0.25, 0.3) is 0 Å². The number of rotatable bonds is 12. The zero-order valence-electron chi connectivity index (χ0n) is 17.1. The topological polar surface area (TPSA) is 111 Å². The Bertz CT molecular complexity index is 619. The summed E-state index contributed by atoms with van der Waals surface area (Å²) < 4.78 is 5.18. The van der Waals surface area contributed by atoms with Gasteiger partial charge < -0.3 is 21.1 Å². The van der Waals surface area contributed by atoms with Crippen LogP contribution in [0.1, 0.15) is 58.4 Å². The van der Waals surface area contributed by atoms with Gasteiger partial charge in [-0.3, -0.25) is 9.59 Å². The van der Waals surface area contributed by atoms with Gasteiger partial charge in [0.05, 0.1) is 0 Å². The molecule has 0 radical (unpaired) electrons. The van der Waals surface area contributed by atoms with Crippen molar-refractivity contribution in [3.63, 3.8) is 0 Å². The first-order valence-electron chi connectivity index (χ1n) is 9.92. The maximum atomic E-state index is 12.6. The van der Waals surface area contributed by atoms with E-state index in [-0.39, 0.29) is 12.5 Å². The van der Waals surface area contributed by atoms with Gasteiger partial charge in [-0.1, -0.05) is 76.8 Å². The molecular weight excluding hydrogens is 358 g/mol. The van der Waals surface area contributed by atoms with E-state index in [9.17, 15) is 14.4 Å². The summed E-state index contributed by atoms with van der Waals surface area (Å²) in [5, 5.41) is 5.25. The molecule has 0 fully saturated rings. The third kappa shape index (κ3) is 8.88. The molecule has 0 saturated carbocycles. The van der Waals surface area contributed by atoms with Crippen LogP contribution in [0.5, 0.6) is 0 Å². The van der Waals surface area contributed by atoms with Crippen LogP contribution < -0.4 is 16.4 Å². The summed E-state index contributed by atoms with van der Waals surface area (Å²) in [5.41, 5.74) is 6.27. The quantitative estimate of drug-likeness (QED) is 0.476. The van der Waals surface area contributed by atoms with Crippen LogP contribution in [-0.2, 0) is 20.9 Å². The highest BCUT2D eigenvalue weighted by Gasteiger charge is 2.28. The van der Waals surface area contributed by atoms with Crippen molar-refractivity contribution in [1.82, 2.24) is 10.6 Å². The van der Waals surface area contributed by atoms with Gasteiger partial charge in [-0.2, -0.15) is 0 Å². The smallest absolute Gasteiger partial charge is 0.408 e. The molecule has 0 aliphatic carbocycles. The molecule has 0 aliphatic rings. The van der Waals surface area contributed by atoms with Crippen molar-refractivity contribution in [2.45, 2.75) is 71.6 Å². The maximum absolute atomic E-state index is 12.6. The monoisotopic (exact) mass is 391 g/mol. The maximum Gasteiger partial charge on any atom is 0.408 e. The van der Waals surface area contributed by atoms with Gasteiger partial charge in [0, 0.05) is 0 Å². The number of hydrogen-bond acceptors (Lipinski definition) is 4. The van der Waals surface area contributed by atoms with E-state index >= 15 is 0 Å². The summed E-state index contributed by atoms with van der Waals surface area (Å²) in [6, 6.07) is 7.71. The molecule has 7 nitrogen and oxygen atoms in total. The summed E-state index contributed by atoms with van der Waals surface area (Å²) in [6.45, 7) is 5.83. The third-order valence-corrected chi connectivity index (χ3v) is 4.44. The van der Waals surface area contributed by atoms with Crippen LogP contribution in [0.4, 0.5) is 4.79 Å². The van der Waals surface area contributed by atoms with E-state index in [1.165, 1.54) is 0 Å². The van der Waals surface area contributed by atoms with Gasteiger partial charge in [-0.25, -0.2) is 4.79 Å². The molecule has 0 aliphatic heterocycles. The predicted octanol–water partition coefficient (Wildman–Crippen LogP) is 2.88. The molecule has 4 N–H and O–H groups in total. The van der Waals surface area contributed by atoms with Crippen LogP contribution in [0.2, 0.25) is 0 Å². The second-order valence-corrected chi connectivity index (χ2v) is 7.24. The number of nitrogens with one attached hydrogen (secondary N) is 2. The Morgan fingerprint density at radius 1 is 1.04 bits per heavy atom. The van der Waals surface area contributed by atoms with Crippen molar-refractivity contribution in [3.05, 3.63) is 35.9 Å². The number of alkyl carbamates (subject to hydrolysis) is 1. The molecule has 1 aromatic carbocycles. The molecule has 0 unspecified atom stereocenters. The lowest BCUT2D eigenvalue weighted by molar-refractivity contribution is -0.129. The summed E-state index contributed by atoms with van der Waals surface area (Å²) in [5.74, 6) is -1.19. The van der Waals surface area contributed by atoms with Gasteiger partial charge in [-0.15, -0.1) is 0 Å². The van der Waals surface area contributed by atoms with Gasteiger partial charge >= 0.3 is 6.09 Å². The Balaban J connectivity index is 2.58. The van der Waals surface area contributed by atoms with E-state index in [0.717, 1.165) is 31.2 Å². The Kier molecular flexibility index (Phi) is 10.7. The summed E-state index contributed by atoms with van der Waals surface area (Å²) in [4.78, 5) is 36.4. The highest BCUT2D eigenvalue weighted by atomic mass is 16.5. The number of unbranched alkanes of at least 4 members (excludes halogenated alkanes) is 3.